The van der Waals surface area contributed by atoms with Gasteiger partial charge in [0.2, 0.25) is 0 Å². The standard InChI is InChI=1S/C18H19N5O.ClH/c1-11-3-4-12(2)23(11)18-15-7-13(9-19)8-16(17(15)24-21-18)22-6-5-14(20)10-22;/h3-4,7-8,14H,5-6,10,20H2,1-2H3;1H/t14-;/m1./s1. The van der Waals surface area contributed by atoms with Gasteiger partial charge >= 0.3 is 0 Å². The number of fused-ring (bicyclic) bond motifs is 1. The third-order valence-corrected chi connectivity index (χ3v) is 4.71. The average Bonchev–Trinajstić information content (AvgIpc) is 3.26. The highest BCUT2D eigenvalue weighted by atomic mass is 35.5. The van der Waals surface area contributed by atoms with E-state index in [0.29, 0.717) is 11.1 Å². The normalized spacial score (nSPS) is 16.9. The van der Waals surface area contributed by atoms with Crippen molar-refractivity contribution >= 4 is 29.1 Å². The van der Waals surface area contributed by atoms with E-state index in [1.165, 1.54) is 0 Å². The van der Waals surface area contributed by atoms with Gasteiger partial charge in [-0.2, -0.15) is 5.26 Å². The van der Waals surface area contributed by atoms with E-state index in [9.17, 15) is 5.26 Å². The molecular weight excluding hydrogens is 338 g/mol. The molecule has 7 heteroatoms. The van der Waals surface area contributed by atoms with Gasteiger partial charge in [-0.25, -0.2) is 0 Å². The number of rotatable bonds is 2. The first-order valence-electron chi connectivity index (χ1n) is 8.08. The quantitative estimate of drug-likeness (QED) is 0.762. The highest BCUT2D eigenvalue weighted by Gasteiger charge is 2.25. The fourth-order valence-electron chi connectivity index (χ4n) is 3.48. The maximum absolute atomic E-state index is 9.43. The zero-order chi connectivity index (χ0) is 16.8. The number of nitrogens with two attached hydrogens (primary N) is 1. The molecule has 130 valence electrons. The van der Waals surface area contributed by atoms with E-state index in [2.05, 4.69) is 16.1 Å². The summed E-state index contributed by atoms with van der Waals surface area (Å²) in [4.78, 5) is 2.18. The van der Waals surface area contributed by atoms with Crippen LogP contribution in [0.4, 0.5) is 5.69 Å². The lowest BCUT2D eigenvalue weighted by atomic mass is 10.1. The molecule has 0 saturated carbocycles. The third-order valence-electron chi connectivity index (χ3n) is 4.71. The van der Waals surface area contributed by atoms with Crippen LogP contribution in [0.1, 0.15) is 23.4 Å². The number of nitriles is 1. The SMILES string of the molecule is Cc1ccc(C)n1-c1noc2c(N3CC[C@@H](N)C3)cc(C#N)cc12.Cl. The highest BCUT2D eigenvalue weighted by Crippen LogP contribution is 2.34. The Bertz CT molecular complexity index is 948. The number of aryl methyl sites for hydroxylation is 2. The molecule has 3 heterocycles. The van der Waals surface area contributed by atoms with Gasteiger partial charge in [-0.3, -0.25) is 4.57 Å². The topological polar surface area (TPSA) is 84.0 Å². The Hall–Kier alpha value is -2.49. The number of hydrogen-bond donors (Lipinski definition) is 1. The molecule has 6 nitrogen and oxygen atoms in total. The summed E-state index contributed by atoms with van der Waals surface area (Å²) >= 11 is 0. The number of hydrogen-bond acceptors (Lipinski definition) is 5. The van der Waals surface area contributed by atoms with Crippen molar-refractivity contribution in [2.45, 2.75) is 26.3 Å². The van der Waals surface area contributed by atoms with E-state index >= 15 is 0 Å². The molecule has 1 aliphatic rings. The Morgan fingerprint density at radius 3 is 2.60 bits per heavy atom. The minimum absolute atomic E-state index is 0. The summed E-state index contributed by atoms with van der Waals surface area (Å²) < 4.78 is 7.75. The summed E-state index contributed by atoms with van der Waals surface area (Å²) in [5, 5.41) is 14.6. The van der Waals surface area contributed by atoms with Crippen molar-refractivity contribution in [3.63, 3.8) is 0 Å². The van der Waals surface area contributed by atoms with Gasteiger partial charge in [0, 0.05) is 30.5 Å². The lowest BCUT2D eigenvalue weighted by Gasteiger charge is -2.18. The van der Waals surface area contributed by atoms with E-state index in [0.717, 1.165) is 47.8 Å². The second-order valence-corrected chi connectivity index (χ2v) is 6.44. The minimum atomic E-state index is 0. The Morgan fingerprint density at radius 2 is 2.00 bits per heavy atom. The molecule has 3 aromatic rings. The summed E-state index contributed by atoms with van der Waals surface area (Å²) in [5.74, 6) is 0.729. The first kappa shape index (κ1) is 17.3. The van der Waals surface area contributed by atoms with Gasteiger partial charge in [-0.05, 0) is 44.5 Å². The molecule has 2 aromatic heterocycles. The van der Waals surface area contributed by atoms with Crippen molar-refractivity contribution in [2.24, 2.45) is 5.73 Å². The average molecular weight is 358 g/mol. The summed E-state index contributed by atoms with van der Waals surface area (Å²) in [6.45, 7) is 5.69. The van der Waals surface area contributed by atoms with Gasteiger partial charge in [0.1, 0.15) is 0 Å². The van der Waals surface area contributed by atoms with Crippen molar-refractivity contribution in [2.75, 3.05) is 18.0 Å². The zero-order valence-corrected chi connectivity index (χ0v) is 15.0. The Kier molecular flexibility index (Phi) is 4.46. The fraction of sp³-hybridized carbons (Fsp3) is 0.333. The van der Waals surface area contributed by atoms with Crippen LogP contribution in [-0.4, -0.2) is 28.9 Å². The summed E-state index contributed by atoms with van der Waals surface area (Å²) in [6, 6.07) is 10.2. The largest absolute Gasteiger partial charge is 0.367 e. The molecular formula is C18H20ClN5O. The van der Waals surface area contributed by atoms with Crippen molar-refractivity contribution in [3.05, 3.63) is 41.2 Å². The van der Waals surface area contributed by atoms with Crippen LogP contribution in [0.2, 0.25) is 0 Å². The molecule has 4 rings (SSSR count). The van der Waals surface area contributed by atoms with E-state index in [1.54, 1.807) is 0 Å². The first-order chi connectivity index (χ1) is 11.6. The van der Waals surface area contributed by atoms with Crippen LogP contribution in [0.15, 0.2) is 28.8 Å². The van der Waals surface area contributed by atoms with Crippen molar-refractivity contribution in [3.8, 4) is 11.9 Å². The molecule has 0 amide bonds. The Balaban J connectivity index is 0.00000182. The summed E-state index contributed by atoms with van der Waals surface area (Å²) in [5.41, 5.74) is 10.4. The second-order valence-electron chi connectivity index (χ2n) is 6.44. The smallest absolute Gasteiger partial charge is 0.192 e. The van der Waals surface area contributed by atoms with E-state index in [4.69, 9.17) is 10.3 Å². The molecule has 1 saturated heterocycles. The number of nitrogens with zero attached hydrogens (tertiary/aromatic N) is 4. The molecule has 0 aliphatic carbocycles. The van der Waals surface area contributed by atoms with Crippen LogP contribution in [0, 0.1) is 25.2 Å². The molecule has 0 unspecified atom stereocenters. The lowest BCUT2D eigenvalue weighted by molar-refractivity contribution is 0.451. The summed E-state index contributed by atoms with van der Waals surface area (Å²) in [7, 11) is 0. The maximum atomic E-state index is 9.43. The Morgan fingerprint density at radius 1 is 1.28 bits per heavy atom. The number of benzene rings is 1. The molecule has 25 heavy (non-hydrogen) atoms. The van der Waals surface area contributed by atoms with Gasteiger partial charge in [0.15, 0.2) is 11.4 Å². The van der Waals surface area contributed by atoms with E-state index in [1.807, 2.05) is 42.7 Å². The fourth-order valence-corrected chi connectivity index (χ4v) is 3.48. The van der Waals surface area contributed by atoms with Crippen LogP contribution in [0.3, 0.4) is 0 Å². The summed E-state index contributed by atoms with van der Waals surface area (Å²) in [6.07, 6.45) is 0.940. The molecule has 0 bridgehead atoms. The molecule has 2 N–H and O–H groups in total. The molecule has 1 aliphatic heterocycles. The second kappa shape index (κ2) is 6.43. The van der Waals surface area contributed by atoms with Crippen LogP contribution >= 0.6 is 12.4 Å². The van der Waals surface area contributed by atoms with Crippen LogP contribution in [-0.2, 0) is 0 Å². The first-order valence-corrected chi connectivity index (χ1v) is 8.08. The molecule has 1 aromatic carbocycles. The van der Waals surface area contributed by atoms with Crippen LogP contribution < -0.4 is 10.6 Å². The number of aromatic nitrogens is 2. The van der Waals surface area contributed by atoms with Gasteiger partial charge < -0.3 is 15.2 Å². The van der Waals surface area contributed by atoms with Crippen molar-refractivity contribution in [1.82, 2.24) is 9.72 Å². The van der Waals surface area contributed by atoms with Crippen molar-refractivity contribution < 1.29 is 4.52 Å². The Labute approximate surface area is 152 Å². The van der Waals surface area contributed by atoms with Gasteiger partial charge in [-0.15, -0.1) is 12.4 Å². The monoisotopic (exact) mass is 357 g/mol. The predicted octanol–water partition coefficient (Wildman–Crippen LogP) is 3.07. The van der Waals surface area contributed by atoms with Crippen LogP contribution in [0.25, 0.3) is 16.8 Å². The molecule has 0 spiro atoms. The van der Waals surface area contributed by atoms with E-state index < -0.39 is 0 Å². The van der Waals surface area contributed by atoms with Crippen LogP contribution in [0.5, 0.6) is 0 Å². The van der Waals surface area contributed by atoms with Gasteiger partial charge in [-0.1, -0.05) is 5.16 Å². The number of halogens is 1. The molecule has 1 atom stereocenters. The number of anilines is 1. The highest BCUT2D eigenvalue weighted by molar-refractivity contribution is 5.95. The van der Waals surface area contributed by atoms with E-state index in [-0.39, 0.29) is 18.4 Å². The maximum Gasteiger partial charge on any atom is 0.192 e. The molecule has 1 fully saturated rings. The minimum Gasteiger partial charge on any atom is -0.367 e. The zero-order valence-electron chi connectivity index (χ0n) is 14.2. The lowest BCUT2D eigenvalue weighted by Crippen LogP contribution is -2.26. The predicted molar refractivity (Wildman–Crippen MR) is 99.6 cm³/mol. The van der Waals surface area contributed by atoms with Gasteiger partial charge in [0.25, 0.3) is 0 Å². The molecule has 0 radical (unpaired) electrons. The van der Waals surface area contributed by atoms with Gasteiger partial charge in [0.05, 0.1) is 22.7 Å². The van der Waals surface area contributed by atoms with Crippen molar-refractivity contribution in [1.29, 1.82) is 5.26 Å². The third kappa shape index (κ3) is 2.76.